The van der Waals surface area contributed by atoms with Crippen LogP contribution in [0, 0.1) is 0 Å². The SMILES string of the molecule is CNC(=O)Cc1nc([C@@H]2C[C@@H]3CC[C@H]2O3)n(Cc2ccccc2)n1. The summed E-state index contributed by atoms with van der Waals surface area (Å²) in [6, 6.07) is 10.2. The second-order valence-corrected chi connectivity index (χ2v) is 6.60. The highest BCUT2D eigenvalue weighted by Gasteiger charge is 2.43. The Kier molecular flexibility index (Phi) is 4.06. The number of rotatable bonds is 5. The van der Waals surface area contributed by atoms with Gasteiger partial charge in [0.25, 0.3) is 0 Å². The van der Waals surface area contributed by atoms with E-state index < -0.39 is 0 Å². The van der Waals surface area contributed by atoms with E-state index in [-0.39, 0.29) is 18.4 Å². The van der Waals surface area contributed by atoms with E-state index in [4.69, 9.17) is 9.72 Å². The van der Waals surface area contributed by atoms with Crippen molar-refractivity contribution in [3.8, 4) is 0 Å². The van der Waals surface area contributed by atoms with E-state index in [0.29, 0.717) is 24.4 Å². The molecule has 6 nitrogen and oxygen atoms in total. The number of nitrogens with zero attached hydrogens (tertiary/aromatic N) is 3. The first-order chi connectivity index (χ1) is 11.7. The number of benzene rings is 1. The van der Waals surface area contributed by atoms with Gasteiger partial charge in [-0.05, 0) is 24.8 Å². The van der Waals surface area contributed by atoms with Crippen LogP contribution >= 0.6 is 0 Å². The lowest BCUT2D eigenvalue weighted by Crippen LogP contribution is -2.20. The molecule has 2 aliphatic rings. The Labute approximate surface area is 141 Å². The monoisotopic (exact) mass is 326 g/mol. The van der Waals surface area contributed by atoms with Gasteiger partial charge in [0, 0.05) is 13.0 Å². The maximum Gasteiger partial charge on any atom is 0.227 e. The van der Waals surface area contributed by atoms with Gasteiger partial charge in [0.05, 0.1) is 25.2 Å². The first-order valence-corrected chi connectivity index (χ1v) is 8.56. The molecular formula is C18H22N4O2. The highest BCUT2D eigenvalue weighted by atomic mass is 16.5. The molecule has 1 aromatic heterocycles. The number of likely N-dealkylation sites (N-methyl/N-ethyl adjacent to an activating group) is 1. The number of hydrogen-bond donors (Lipinski definition) is 1. The van der Waals surface area contributed by atoms with Crippen molar-refractivity contribution in [2.75, 3.05) is 7.05 Å². The molecule has 0 unspecified atom stereocenters. The summed E-state index contributed by atoms with van der Waals surface area (Å²) in [7, 11) is 1.63. The predicted molar refractivity (Wildman–Crippen MR) is 88.6 cm³/mol. The minimum atomic E-state index is -0.0670. The molecule has 2 fully saturated rings. The lowest BCUT2D eigenvalue weighted by Gasteiger charge is -2.18. The number of hydrogen-bond acceptors (Lipinski definition) is 4. The summed E-state index contributed by atoms with van der Waals surface area (Å²) in [6.07, 6.45) is 4.09. The first-order valence-electron chi connectivity index (χ1n) is 8.56. The second kappa shape index (κ2) is 6.36. The fourth-order valence-corrected chi connectivity index (χ4v) is 3.77. The van der Waals surface area contributed by atoms with E-state index in [9.17, 15) is 4.79 Å². The van der Waals surface area contributed by atoms with E-state index in [2.05, 4.69) is 22.5 Å². The molecule has 2 aromatic rings. The summed E-state index contributed by atoms with van der Waals surface area (Å²) in [4.78, 5) is 16.4. The van der Waals surface area contributed by atoms with Crippen molar-refractivity contribution in [1.29, 1.82) is 0 Å². The quantitative estimate of drug-likeness (QED) is 0.907. The van der Waals surface area contributed by atoms with Crippen LogP contribution in [-0.4, -0.2) is 39.9 Å². The summed E-state index contributed by atoms with van der Waals surface area (Å²) in [5.41, 5.74) is 1.18. The van der Waals surface area contributed by atoms with E-state index in [1.165, 1.54) is 5.56 Å². The van der Waals surface area contributed by atoms with Crippen LogP contribution in [-0.2, 0) is 22.5 Å². The van der Waals surface area contributed by atoms with Gasteiger partial charge in [0.1, 0.15) is 5.82 Å². The molecule has 24 heavy (non-hydrogen) atoms. The van der Waals surface area contributed by atoms with E-state index in [0.717, 1.165) is 25.1 Å². The topological polar surface area (TPSA) is 69.0 Å². The van der Waals surface area contributed by atoms with Gasteiger partial charge in [-0.3, -0.25) is 4.79 Å². The Balaban J connectivity index is 1.63. The third-order valence-corrected chi connectivity index (χ3v) is 4.95. The van der Waals surface area contributed by atoms with Crippen LogP contribution in [0.5, 0.6) is 0 Å². The highest BCUT2D eigenvalue weighted by molar-refractivity contribution is 5.77. The summed E-state index contributed by atoms with van der Waals surface area (Å²) in [5.74, 6) is 1.77. The maximum absolute atomic E-state index is 11.7. The van der Waals surface area contributed by atoms with Gasteiger partial charge in [-0.15, -0.1) is 0 Å². The minimum Gasteiger partial charge on any atom is -0.374 e. The van der Waals surface area contributed by atoms with Crippen LogP contribution in [0.25, 0.3) is 0 Å². The Morgan fingerprint density at radius 2 is 2.17 bits per heavy atom. The number of carbonyl (C=O) groups excluding carboxylic acids is 1. The molecule has 2 saturated heterocycles. The van der Waals surface area contributed by atoms with Crippen LogP contribution in [0.4, 0.5) is 0 Å². The number of fused-ring (bicyclic) bond motifs is 2. The molecule has 4 rings (SSSR count). The fourth-order valence-electron chi connectivity index (χ4n) is 3.77. The maximum atomic E-state index is 11.7. The van der Waals surface area contributed by atoms with Crippen molar-refractivity contribution in [2.45, 2.75) is 50.4 Å². The molecule has 1 aromatic carbocycles. The zero-order chi connectivity index (χ0) is 16.5. The average molecular weight is 326 g/mol. The Hall–Kier alpha value is -2.21. The Morgan fingerprint density at radius 3 is 2.83 bits per heavy atom. The zero-order valence-electron chi connectivity index (χ0n) is 13.8. The molecule has 126 valence electrons. The van der Waals surface area contributed by atoms with Crippen LogP contribution in [0.3, 0.4) is 0 Å². The molecule has 0 saturated carbocycles. The number of ether oxygens (including phenoxy) is 1. The molecule has 6 heteroatoms. The van der Waals surface area contributed by atoms with E-state index >= 15 is 0 Å². The molecule has 2 bridgehead atoms. The average Bonchev–Trinajstić information content (AvgIpc) is 3.31. The Bertz CT molecular complexity index is 728. The van der Waals surface area contributed by atoms with Crippen molar-refractivity contribution in [2.24, 2.45) is 0 Å². The van der Waals surface area contributed by atoms with Gasteiger partial charge < -0.3 is 10.1 Å². The van der Waals surface area contributed by atoms with E-state index in [1.54, 1.807) is 7.05 Å². The lowest BCUT2D eigenvalue weighted by molar-refractivity contribution is -0.120. The fraction of sp³-hybridized carbons (Fsp3) is 0.500. The summed E-state index contributed by atoms with van der Waals surface area (Å²) < 4.78 is 7.96. The van der Waals surface area contributed by atoms with Gasteiger partial charge in [0.15, 0.2) is 5.82 Å². The largest absolute Gasteiger partial charge is 0.374 e. The van der Waals surface area contributed by atoms with Gasteiger partial charge in [-0.25, -0.2) is 9.67 Å². The molecule has 0 radical (unpaired) electrons. The molecule has 3 atom stereocenters. The van der Waals surface area contributed by atoms with Gasteiger partial charge in [0.2, 0.25) is 5.91 Å². The minimum absolute atomic E-state index is 0.0670. The lowest BCUT2D eigenvalue weighted by atomic mass is 9.88. The highest BCUT2D eigenvalue weighted by Crippen LogP contribution is 2.43. The van der Waals surface area contributed by atoms with E-state index in [1.807, 2.05) is 22.9 Å². The Morgan fingerprint density at radius 1 is 1.33 bits per heavy atom. The molecular weight excluding hydrogens is 304 g/mol. The molecule has 2 aliphatic heterocycles. The van der Waals surface area contributed by atoms with Gasteiger partial charge in [-0.2, -0.15) is 5.10 Å². The molecule has 3 heterocycles. The first kappa shape index (κ1) is 15.3. The smallest absolute Gasteiger partial charge is 0.227 e. The summed E-state index contributed by atoms with van der Waals surface area (Å²) in [5, 5.41) is 7.25. The van der Waals surface area contributed by atoms with Crippen LogP contribution < -0.4 is 5.32 Å². The van der Waals surface area contributed by atoms with Crippen molar-refractivity contribution in [1.82, 2.24) is 20.1 Å². The van der Waals surface area contributed by atoms with Crippen molar-refractivity contribution < 1.29 is 9.53 Å². The standard InChI is InChI=1S/C18H22N4O2/c1-19-17(23)10-16-20-18(14-9-13-7-8-15(14)24-13)22(21-16)11-12-5-3-2-4-6-12/h2-6,13-15H,7-11H2,1H3,(H,19,23)/t13-,14+,15+/m0/s1. The normalized spacial score (nSPS) is 25.1. The number of amides is 1. The zero-order valence-corrected chi connectivity index (χ0v) is 13.8. The van der Waals surface area contributed by atoms with Gasteiger partial charge in [-0.1, -0.05) is 30.3 Å². The molecule has 1 N–H and O–H groups in total. The second-order valence-electron chi connectivity index (χ2n) is 6.60. The van der Waals surface area contributed by atoms with Crippen LogP contribution in [0.15, 0.2) is 30.3 Å². The van der Waals surface area contributed by atoms with Crippen molar-refractivity contribution >= 4 is 5.91 Å². The molecule has 0 spiro atoms. The summed E-state index contributed by atoms with van der Waals surface area (Å²) in [6.45, 7) is 0.671. The van der Waals surface area contributed by atoms with Crippen molar-refractivity contribution in [3.63, 3.8) is 0 Å². The van der Waals surface area contributed by atoms with Crippen molar-refractivity contribution in [3.05, 3.63) is 47.5 Å². The third kappa shape index (κ3) is 2.94. The number of nitrogens with one attached hydrogen (secondary N) is 1. The number of carbonyl (C=O) groups is 1. The number of aromatic nitrogens is 3. The molecule has 0 aliphatic carbocycles. The van der Waals surface area contributed by atoms with Gasteiger partial charge >= 0.3 is 0 Å². The predicted octanol–water partition coefficient (Wildman–Crippen LogP) is 1.65. The third-order valence-electron chi connectivity index (χ3n) is 4.95. The van der Waals surface area contributed by atoms with Crippen LogP contribution in [0.2, 0.25) is 0 Å². The van der Waals surface area contributed by atoms with Crippen LogP contribution in [0.1, 0.15) is 42.4 Å². The molecule has 1 amide bonds. The summed E-state index contributed by atoms with van der Waals surface area (Å²) >= 11 is 0.